The van der Waals surface area contributed by atoms with Crippen molar-refractivity contribution in [1.29, 1.82) is 5.26 Å². The highest BCUT2D eigenvalue weighted by atomic mass is 16.1. The predicted molar refractivity (Wildman–Crippen MR) is 111 cm³/mol. The van der Waals surface area contributed by atoms with Crippen LogP contribution in [0.4, 0.5) is 11.4 Å². The fraction of sp³-hybridized carbons (Fsp3) is 0.167. The van der Waals surface area contributed by atoms with Crippen molar-refractivity contribution in [3.05, 3.63) is 95.1 Å². The molecule has 4 rings (SSSR count). The fourth-order valence-electron chi connectivity index (χ4n) is 3.55. The van der Waals surface area contributed by atoms with Crippen molar-refractivity contribution in [3.8, 4) is 6.07 Å². The molecule has 0 saturated carbocycles. The van der Waals surface area contributed by atoms with E-state index in [4.69, 9.17) is 5.26 Å². The molecule has 0 saturated heterocycles. The van der Waals surface area contributed by atoms with E-state index in [1.165, 1.54) is 16.8 Å². The highest BCUT2D eigenvalue weighted by Crippen LogP contribution is 2.28. The van der Waals surface area contributed by atoms with Crippen LogP contribution >= 0.6 is 0 Å². The van der Waals surface area contributed by atoms with Gasteiger partial charge in [0.2, 0.25) is 0 Å². The largest absolute Gasteiger partial charge is 0.367 e. The maximum Gasteiger partial charge on any atom is 0.255 e. The second-order valence-corrected chi connectivity index (χ2v) is 6.98. The Bertz CT molecular complexity index is 1020. The Labute approximate surface area is 165 Å². The fourth-order valence-corrected chi connectivity index (χ4v) is 3.55. The molecule has 4 heteroatoms. The lowest BCUT2D eigenvalue weighted by Crippen LogP contribution is -2.19. The van der Waals surface area contributed by atoms with Crippen molar-refractivity contribution < 1.29 is 4.79 Å². The standard InChI is InChI=1S/C24H21N3O/c25-15-13-18-7-11-22(12-8-18)26-24(28)21-9-5-19(6-10-21)17-27-16-14-20-3-1-2-4-23(20)27/h1-12H,13-14,16-17H2,(H,26,28). The van der Waals surface area contributed by atoms with Gasteiger partial charge in [-0.15, -0.1) is 0 Å². The first kappa shape index (κ1) is 17.8. The number of hydrogen-bond donors (Lipinski definition) is 1. The summed E-state index contributed by atoms with van der Waals surface area (Å²) in [5.74, 6) is -0.133. The molecule has 1 aliphatic rings. The predicted octanol–water partition coefficient (Wildman–Crippen LogP) is 4.57. The molecule has 0 spiro atoms. The lowest BCUT2D eigenvalue weighted by molar-refractivity contribution is 0.102. The summed E-state index contributed by atoms with van der Waals surface area (Å²) in [5.41, 5.74) is 6.20. The molecule has 0 bridgehead atoms. The van der Waals surface area contributed by atoms with Crippen LogP contribution in [0.1, 0.15) is 27.0 Å². The zero-order chi connectivity index (χ0) is 19.3. The first-order chi connectivity index (χ1) is 13.7. The van der Waals surface area contributed by atoms with Crippen LogP contribution in [0.5, 0.6) is 0 Å². The number of rotatable bonds is 5. The van der Waals surface area contributed by atoms with Crippen LogP contribution in [0, 0.1) is 11.3 Å². The van der Waals surface area contributed by atoms with Crippen LogP contribution in [0.25, 0.3) is 0 Å². The minimum absolute atomic E-state index is 0.133. The Morgan fingerprint density at radius 2 is 1.68 bits per heavy atom. The highest BCUT2D eigenvalue weighted by molar-refractivity contribution is 6.04. The lowest BCUT2D eigenvalue weighted by atomic mass is 10.1. The number of carbonyl (C=O) groups excluding carboxylic acids is 1. The third-order valence-corrected chi connectivity index (χ3v) is 5.07. The van der Waals surface area contributed by atoms with E-state index >= 15 is 0 Å². The highest BCUT2D eigenvalue weighted by Gasteiger charge is 2.18. The maximum atomic E-state index is 12.5. The summed E-state index contributed by atoms with van der Waals surface area (Å²) < 4.78 is 0. The number of para-hydroxylation sites is 1. The van der Waals surface area contributed by atoms with E-state index in [2.05, 4.69) is 40.6 Å². The van der Waals surface area contributed by atoms with Crippen molar-refractivity contribution >= 4 is 17.3 Å². The lowest BCUT2D eigenvalue weighted by Gasteiger charge is -2.19. The second kappa shape index (κ2) is 7.98. The van der Waals surface area contributed by atoms with Gasteiger partial charge in [0.05, 0.1) is 12.5 Å². The summed E-state index contributed by atoms with van der Waals surface area (Å²) in [6.45, 7) is 1.88. The van der Waals surface area contributed by atoms with Gasteiger partial charge in [0.1, 0.15) is 0 Å². The molecule has 28 heavy (non-hydrogen) atoms. The van der Waals surface area contributed by atoms with Crippen LogP contribution in [0.15, 0.2) is 72.8 Å². The molecule has 0 atom stereocenters. The molecule has 4 nitrogen and oxygen atoms in total. The molecule has 0 aliphatic carbocycles. The molecule has 138 valence electrons. The van der Waals surface area contributed by atoms with Gasteiger partial charge in [-0.05, 0) is 53.4 Å². The third-order valence-electron chi connectivity index (χ3n) is 5.07. The number of amides is 1. The van der Waals surface area contributed by atoms with Gasteiger partial charge in [0, 0.05) is 30.0 Å². The van der Waals surface area contributed by atoms with Gasteiger partial charge in [-0.2, -0.15) is 5.26 Å². The molecular weight excluding hydrogens is 346 g/mol. The van der Waals surface area contributed by atoms with Gasteiger partial charge in [-0.25, -0.2) is 0 Å². The van der Waals surface area contributed by atoms with E-state index in [0.29, 0.717) is 12.0 Å². The molecule has 0 unspecified atom stereocenters. The number of anilines is 2. The first-order valence-corrected chi connectivity index (χ1v) is 9.42. The number of fused-ring (bicyclic) bond motifs is 1. The Kier molecular flexibility index (Phi) is 5.07. The van der Waals surface area contributed by atoms with Crippen molar-refractivity contribution in [1.82, 2.24) is 0 Å². The number of nitrogens with zero attached hydrogens (tertiary/aromatic N) is 2. The third kappa shape index (κ3) is 3.89. The van der Waals surface area contributed by atoms with Crippen LogP contribution in [0.3, 0.4) is 0 Å². The van der Waals surface area contributed by atoms with Crippen molar-refractivity contribution in [2.45, 2.75) is 19.4 Å². The van der Waals surface area contributed by atoms with E-state index in [1.54, 1.807) is 0 Å². The zero-order valence-corrected chi connectivity index (χ0v) is 15.6. The number of benzene rings is 3. The Morgan fingerprint density at radius 1 is 0.964 bits per heavy atom. The van der Waals surface area contributed by atoms with Crippen LogP contribution in [-0.2, 0) is 19.4 Å². The van der Waals surface area contributed by atoms with Crippen LogP contribution in [-0.4, -0.2) is 12.5 Å². The Morgan fingerprint density at radius 3 is 2.43 bits per heavy atom. The normalized spacial score (nSPS) is 12.3. The molecule has 0 aromatic heterocycles. The van der Waals surface area contributed by atoms with E-state index in [1.807, 2.05) is 48.5 Å². The summed E-state index contributed by atoms with van der Waals surface area (Å²) in [7, 11) is 0. The molecule has 3 aromatic rings. The summed E-state index contributed by atoms with van der Waals surface area (Å²) in [4.78, 5) is 14.9. The second-order valence-electron chi connectivity index (χ2n) is 6.98. The van der Waals surface area contributed by atoms with Gasteiger partial charge in [0.25, 0.3) is 5.91 Å². The summed E-state index contributed by atoms with van der Waals surface area (Å²) >= 11 is 0. The maximum absolute atomic E-state index is 12.5. The average Bonchev–Trinajstić information content (AvgIpc) is 3.13. The van der Waals surface area contributed by atoms with Gasteiger partial charge >= 0.3 is 0 Å². The Hall–Kier alpha value is -3.58. The van der Waals surface area contributed by atoms with Gasteiger partial charge < -0.3 is 10.2 Å². The summed E-state index contributed by atoms with van der Waals surface area (Å²) in [6, 6.07) is 25.8. The minimum Gasteiger partial charge on any atom is -0.367 e. The molecule has 0 fully saturated rings. The van der Waals surface area contributed by atoms with Crippen molar-refractivity contribution in [2.75, 3.05) is 16.8 Å². The number of carbonyl (C=O) groups is 1. The summed E-state index contributed by atoms with van der Waals surface area (Å²) in [5, 5.41) is 11.6. The average molecular weight is 367 g/mol. The van der Waals surface area contributed by atoms with Gasteiger partial charge in [-0.3, -0.25) is 4.79 Å². The molecule has 1 aliphatic heterocycles. The number of nitriles is 1. The van der Waals surface area contributed by atoms with E-state index in [9.17, 15) is 4.79 Å². The molecule has 1 amide bonds. The Balaban J connectivity index is 1.39. The van der Waals surface area contributed by atoms with E-state index in [-0.39, 0.29) is 5.91 Å². The quantitative estimate of drug-likeness (QED) is 0.719. The van der Waals surface area contributed by atoms with E-state index < -0.39 is 0 Å². The van der Waals surface area contributed by atoms with Crippen LogP contribution in [0.2, 0.25) is 0 Å². The smallest absolute Gasteiger partial charge is 0.255 e. The van der Waals surface area contributed by atoms with E-state index in [0.717, 1.165) is 30.8 Å². The van der Waals surface area contributed by atoms with Crippen molar-refractivity contribution in [2.24, 2.45) is 0 Å². The monoisotopic (exact) mass is 367 g/mol. The van der Waals surface area contributed by atoms with Gasteiger partial charge in [0.15, 0.2) is 0 Å². The zero-order valence-electron chi connectivity index (χ0n) is 15.6. The first-order valence-electron chi connectivity index (χ1n) is 9.42. The van der Waals surface area contributed by atoms with Gasteiger partial charge in [-0.1, -0.05) is 42.5 Å². The molecule has 1 N–H and O–H groups in total. The number of nitrogens with one attached hydrogen (secondary N) is 1. The molecule has 1 heterocycles. The minimum atomic E-state index is -0.133. The topological polar surface area (TPSA) is 56.1 Å². The molecule has 3 aromatic carbocycles. The SMILES string of the molecule is N#CCc1ccc(NC(=O)c2ccc(CN3CCc4ccccc43)cc2)cc1. The molecular formula is C24H21N3O. The van der Waals surface area contributed by atoms with Crippen molar-refractivity contribution in [3.63, 3.8) is 0 Å². The summed E-state index contributed by atoms with van der Waals surface area (Å²) in [6.07, 6.45) is 1.46. The van der Waals surface area contributed by atoms with Crippen LogP contribution < -0.4 is 10.2 Å². The number of hydrogen-bond acceptors (Lipinski definition) is 3. The molecule has 0 radical (unpaired) electrons.